The van der Waals surface area contributed by atoms with Gasteiger partial charge in [0.25, 0.3) is 0 Å². The smallest absolute Gasteiger partial charge is 0.222 e. The van der Waals surface area contributed by atoms with E-state index in [-0.39, 0.29) is 5.91 Å². The van der Waals surface area contributed by atoms with Crippen molar-refractivity contribution in [2.45, 2.75) is 32.6 Å². The molecule has 0 bridgehead atoms. The third kappa shape index (κ3) is 4.40. The van der Waals surface area contributed by atoms with Crippen LogP contribution in [0.3, 0.4) is 0 Å². The van der Waals surface area contributed by atoms with Gasteiger partial charge in [-0.15, -0.1) is 0 Å². The minimum absolute atomic E-state index is 0.220. The van der Waals surface area contributed by atoms with Crippen molar-refractivity contribution in [3.05, 3.63) is 77.1 Å². The first-order valence-corrected chi connectivity index (χ1v) is 12.1. The van der Waals surface area contributed by atoms with Gasteiger partial charge in [-0.2, -0.15) is 0 Å². The number of halogens is 1. The predicted octanol–water partition coefficient (Wildman–Crippen LogP) is 6.19. The number of methoxy groups -OCH3 is 1. The van der Waals surface area contributed by atoms with Crippen LogP contribution in [-0.2, 0) is 11.2 Å². The Labute approximate surface area is 205 Å². The number of imidazole rings is 1. The molecule has 1 saturated heterocycles. The number of ether oxygens (including phenoxy) is 1. The lowest BCUT2D eigenvalue weighted by atomic mass is 10.0. The molecule has 1 aliphatic heterocycles. The van der Waals surface area contributed by atoms with E-state index < -0.39 is 0 Å². The Balaban J connectivity index is 1.57. The number of hydrogen-bond donors (Lipinski definition) is 0. The summed E-state index contributed by atoms with van der Waals surface area (Å²) in [4.78, 5) is 19.8. The topological polar surface area (TPSA) is 46.8 Å². The summed E-state index contributed by atoms with van der Waals surface area (Å²) in [6.45, 7) is 3.81. The number of benzene rings is 2. The Morgan fingerprint density at radius 3 is 2.47 bits per heavy atom. The fourth-order valence-corrected chi connectivity index (χ4v) is 5.00. The minimum Gasteiger partial charge on any atom is -0.497 e. The highest BCUT2D eigenvalue weighted by Gasteiger charge is 2.21. The van der Waals surface area contributed by atoms with Crippen molar-refractivity contribution in [2.24, 2.45) is 0 Å². The maximum atomic E-state index is 12.8. The van der Waals surface area contributed by atoms with Gasteiger partial charge in [-0.1, -0.05) is 17.7 Å². The molecule has 0 atom stereocenters. The maximum absolute atomic E-state index is 12.8. The number of fused-ring (bicyclic) bond motifs is 1. The summed E-state index contributed by atoms with van der Waals surface area (Å²) in [5.74, 6) is 1.02. The summed E-state index contributed by atoms with van der Waals surface area (Å²) < 4.78 is 7.47. The molecule has 1 amide bonds. The lowest BCUT2D eigenvalue weighted by molar-refractivity contribution is -0.130. The van der Waals surface area contributed by atoms with E-state index in [4.69, 9.17) is 21.3 Å². The van der Waals surface area contributed by atoms with E-state index in [1.807, 2.05) is 47.4 Å². The lowest BCUT2D eigenvalue weighted by Crippen LogP contribution is -2.27. The Hall–Kier alpha value is -3.31. The van der Waals surface area contributed by atoms with Crippen LogP contribution < -0.4 is 4.74 Å². The number of rotatable bonds is 6. The van der Waals surface area contributed by atoms with E-state index in [0.717, 1.165) is 76.0 Å². The van der Waals surface area contributed by atoms with Gasteiger partial charge >= 0.3 is 0 Å². The van der Waals surface area contributed by atoms with Crippen LogP contribution in [0.15, 0.2) is 60.8 Å². The van der Waals surface area contributed by atoms with E-state index in [1.54, 1.807) is 7.11 Å². The first kappa shape index (κ1) is 22.5. The second kappa shape index (κ2) is 9.51. The predicted molar refractivity (Wildman–Crippen MR) is 136 cm³/mol. The average molecular weight is 474 g/mol. The molecule has 3 heterocycles. The third-order valence-corrected chi connectivity index (χ3v) is 6.85. The van der Waals surface area contributed by atoms with E-state index in [1.165, 1.54) is 0 Å². The average Bonchev–Trinajstić information content (AvgIpc) is 3.51. The van der Waals surface area contributed by atoms with E-state index >= 15 is 0 Å². The van der Waals surface area contributed by atoms with Crippen LogP contribution in [0.5, 0.6) is 5.75 Å². The Kier molecular flexibility index (Phi) is 6.29. The number of aromatic nitrogens is 2. The summed E-state index contributed by atoms with van der Waals surface area (Å²) in [5.41, 5.74) is 7.16. The SMILES string of the molecule is COc1ccc(-c2nc3ccc(-c4ccc(Cl)cc4C)cn3c2CCC(=O)N2CCCC2)cc1. The highest BCUT2D eigenvalue weighted by atomic mass is 35.5. The maximum Gasteiger partial charge on any atom is 0.222 e. The zero-order valence-corrected chi connectivity index (χ0v) is 20.3. The Morgan fingerprint density at radius 2 is 1.76 bits per heavy atom. The van der Waals surface area contributed by atoms with Gasteiger partial charge in [0.2, 0.25) is 5.91 Å². The molecule has 0 radical (unpaired) electrons. The highest BCUT2D eigenvalue weighted by molar-refractivity contribution is 6.30. The van der Waals surface area contributed by atoms with Crippen molar-refractivity contribution < 1.29 is 9.53 Å². The molecule has 174 valence electrons. The Morgan fingerprint density at radius 1 is 1.03 bits per heavy atom. The van der Waals surface area contributed by atoms with E-state index in [9.17, 15) is 4.79 Å². The quantitative estimate of drug-likeness (QED) is 0.335. The molecular weight excluding hydrogens is 446 g/mol. The number of amides is 1. The molecular formula is C28H28ClN3O2. The number of pyridine rings is 1. The van der Waals surface area contributed by atoms with Crippen molar-refractivity contribution in [2.75, 3.05) is 20.2 Å². The molecule has 1 aliphatic rings. The zero-order chi connectivity index (χ0) is 23.7. The van der Waals surface area contributed by atoms with Gasteiger partial charge in [0, 0.05) is 36.3 Å². The molecule has 0 N–H and O–H groups in total. The fourth-order valence-electron chi connectivity index (χ4n) is 4.77. The molecule has 4 aromatic rings. The summed E-state index contributed by atoms with van der Waals surface area (Å²) >= 11 is 6.18. The van der Waals surface area contributed by atoms with Gasteiger partial charge < -0.3 is 14.0 Å². The monoisotopic (exact) mass is 473 g/mol. The lowest BCUT2D eigenvalue weighted by Gasteiger charge is -2.15. The largest absolute Gasteiger partial charge is 0.497 e. The van der Waals surface area contributed by atoms with E-state index in [0.29, 0.717) is 12.8 Å². The van der Waals surface area contributed by atoms with Crippen LogP contribution >= 0.6 is 11.6 Å². The Bertz CT molecular complexity index is 1340. The summed E-state index contributed by atoms with van der Waals surface area (Å²) in [5, 5.41) is 0.730. The zero-order valence-electron chi connectivity index (χ0n) is 19.6. The number of likely N-dealkylation sites (tertiary alicyclic amines) is 1. The van der Waals surface area contributed by atoms with Gasteiger partial charge in [-0.25, -0.2) is 4.98 Å². The molecule has 0 spiro atoms. The molecule has 2 aromatic carbocycles. The molecule has 5 rings (SSSR count). The normalized spacial score (nSPS) is 13.6. The number of hydrogen-bond acceptors (Lipinski definition) is 3. The second-order valence-electron chi connectivity index (χ2n) is 8.83. The van der Waals surface area contributed by atoms with E-state index in [2.05, 4.69) is 29.7 Å². The van der Waals surface area contributed by atoms with Crippen LogP contribution in [0.4, 0.5) is 0 Å². The van der Waals surface area contributed by atoms with Gasteiger partial charge in [0.1, 0.15) is 11.4 Å². The molecule has 0 unspecified atom stereocenters. The third-order valence-electron chi connectivity index (χ3n) is 6.61. The standard InChI is InChI=1S/C28H28ClN3O2/c1-19-17-22(29)8-11-24(19)21-7-13-26-30-28(20-5-9-23(34-2)10-6-20)25(32(26)18-21)12-14-27(33)31-15-3-4-16-31/h5-11,13,17-18H,3-4,12,14-16H2,1-2H3. The summed E-state index contributed by atoms with van der Waals surface area (Å²) in [7, 11) is 1.66. The molecule has 0 aliphatic carbocycles. The van der Waals surface area contributed by atoms with Gasteiger partial charge in [0.05, 0.1) is 18.5 Å². The van der Waals surface area contributed by atoms with Crippen molar-refractivity contribution in [3.63, 3.8) is 0 Å². The van der Waals surface area contributed by atoms with Gasteiger partial charge in [0.15, 0.2) is 0 Å². The molecule has 6 heteroatoms. The summed E-state index contributed by atoms with van der Waals surface area (Å²) in [6, 6.07) is 18.0. The molecule has 0 saturated carbocycles. The highest BCUT2D eigenvalue weighted by Crippen LogP contribution is 2.31. The minimum atomic E-state index is 0.220. The molecule has 5 nitrogen and oxygen atoms in total. The number of nitrogens with zero attached hydrogens (tertiary/aromatic N) is 3. The van der Waals surface area contributed by atoms with Crippen LogP contribution in [0, 0.1) is 6.92 Å². The number of aryl methyl sites for hydroxylation is 2. The van der Waals surface area contributed by atoms with Crippen molar-refractivity contribution >= 4 is 23.2 Å². The van der Waals surface area contributed by atoms with Crippen LogP contribution in [0.25, 0.3) is 28.0 Å². The van der Waals surface area contributed by atoms with Crippen LogP contribution in [-0.4, -0.2) is 40.4 Å². The molecule has 1 fully saturated rings. The van der Waals surface area contributed by atoms with Gasteiger partial charge in [-0.3, -0.25) is 4.79 Å². The van der Waals surface area contributed by atoms with Crippen LogP contribution in [0.2, 0.25) is 5.02 Å². The second-order valence-corrected chi connectivity index (χ2v) is 9.27. The molecule has 34 heavy (non-hydrogen) atoms. The fraction of sp³-hybridized carbons (Fsp3) is 0.286. The first-order valence-electron chi connectivity index (χ1n) is 11.7. The van der Waals surface area contributed by atoms with Crippen molar-refractivity contribution in [1.82, 2.24) is 14.3 Å². The number of carbonyl (C=O) groups is 1. The van der Waals surface area contributed by atoms with Crippen molar-refractivity contribution in [1.29, 1.82) is 0 Å². The van der Waals surface area contributed by atoms with Gasteiger partial charge in [-0.05, 0) is 91.4 Å². The molecule has 2 aromatic heterocycles. The number of carbonyl (C=O) groups excluding carboxylic acids is 1. The summed E-state index contributed by atoms with van der Waals surface area (Å²) in [6.07, 6.45) is 5.42. The van der Waals surface area contributed by atoms with Crippen LogP contribution in [0.1, 0.15) is 30.5 Å². The van der Waals surface area contributed by atoms with Crippen molar-refractivity contribution in [3.8, 4) is 28.1 Å². The first-order chi connectivity index (χ1) is 16.5.